The number of ether oxygens (including phenoxy) is 1. The third-order valence-corrected chi connectivity index (χ3v) is 4.02. The number of rotatable bonds is 3. The van der Waals surface area contributed by atoms with Crippen LogP contribution in [0, 0.1) is 11.3 Å². The summed E-state index contributed by atoms with van der Waals surface area (Å²) < 4.78 is 44.6. The Hall–Kier alpha value is -2.18. The summed E-state index contributed by atoms with van der Waals surface area (Å²) in [6.45, 7) is 1.38. The van der Waals surface area contributed by atoms with Gasteiger partial charge in [-0.2, -0.15) is 23.2 Å². The molecule has 2 aromatic rings. The molecule has 0 unspecified atom stereocenters. The second kappa shape index (κ2) is 7.37. The van der Waals surface area contributed by atoms with Crippen molar-refractivity contribution in [3.63, 3.8) is 0 Å². The fourth-order valence-electron chi connectivity index (χ4n) is 2.05. The lowest BCUT2D eigenvalue weighted by molar-refractivity contribution is -0.150. The van der Waals surface area contributed by atoms with Crippen LogP contribution in [0.25, 0.3) is 11.3 Å². The fraction of sp³-hybridized carbons (Fsp3) is 0.200. The van der Waals surface area contributed by atoms with Crippen molar-refractivity contribution in [2.24, 2.45) is 0 Å². The average molecular weight is 438 g/mol. The van der Waals surface area contributed by atoms with E-state index in [9.17, 15) is 23.2 Å². The summed E-state index contributed by atoms with van der Waals surface area (Å²) in [5.74, 6) is 0. The summed E-state index contributed by atoms with van der Waals surface area (Å²) in [6, 6.07) is 7.34. The highest BCUT2D eigenvalue weighted by Gasteiger charge is 2.42. The van der Waals surface area contributed by atoms with Crippen LogP contribution in [0.4, 0.5) is 18.0 Å². The second-order valence-corrected chi connectivity index (χ2v) is 5.80. The molecule has 0 aliphatic heterocycles. The van der Waals surface area contributed by atoms with Gasteiger partial charge in [0.25, 0.3) is 0 Å². The van der Waals surface area contributed by atoms with Crippen molar-refractivity contribution in [2.75, 3.05) is 6.61 Å². The van der Waals surface area contributed by atoms with Crippen molar-refractivity contribution >= 4 is 33.7 Å². The van der Waals surface area contributed by atoms with E-state index in [0.717, 1.165) is 0 Å². The van der Waals surface area contributed by atoms with E-state index in [1.54, 1.807) is 6.07 Å². The standard InChI is InChI=1S/C15H9BrClF3N2O3/c1-2-24-14(23)25-22-12(8-3-5-9(17)6-4-8)10(7-21)11(16)13(22)15(18,19)20/h3-6H,2H2,1H3. The molecule has 1 heterocycles. The number of nitrogens with zero attached hydrogens (tertiary/aromatic N) is 2. The first-order valence-corrected chi connectivity index (χ1v) is 7.90. The minimum Gasteiger partial charge on any atom is -0.433 e. The molecule has 0 bridgehead atoms. The molecule has 1 aromatic heterocycles. The van der Waals surface area contributed by atoms with E-state index in [-0.39, 0.29) is 28.2 Å². The van der Waals surface area contributed by atoms with Gasteiger partial charge in [0.1, 0.15) is 11.8 Å². The predicted molar refractivity (Wildman–Crippen MR) is 85.9 cm³/mol. The molecule has 132 valence electrons. The highest BCUT2D eigenvalue weighted by Crippen LogP contribution is 2.42. The van der Waals surface area contributed by atoms with Crippen LogP contribution in [0.2, 0.25) is 5.02 Å². The van der Waals surface area contributed by atoms with Gasteiger partial charge in [0, 0.05) is 10.6 Å². The van der Waals surface area contributed by atoms with Crippen LogP contribution in [-0.2, 0) is 10.9 Å². The summed E-state index contributed by atoms with van der Waals surface area (Å²) in [4.78, 5) is 16.3. The Morgan fingerprint density at radius 3 is 2.44 bits per heavy atom. The SMILES string of the molecule is CCOC(=O)On1c(-c2ccc(Cl)cc2)c(C#N)c(Br)c1C(F)(F)F. The van der Waals surface area contributed by atoms with Gasteiger partial charge < -0.3 is 9.57 Å². The van der Waals surface area contributed by atoms with E-state index in [4.69, 9.17) is 16.4 Å². The number of aromatic nitrogens is 1. The number of alkyl halides is 3. The lowest BCUT2D eigenvalue weighted by Crippen LogP contribution is -2.26. The minimum atomic E-state index is -4.90. The van der Waals surface area contributed by atoms with Gasteiger partial charge in [0.2, 0.25) is 0 Å². The van der Waals surface area contributed by atoms with Crippen molar-refractivity contribution < 1.29 is 27.5 Å². The minimum absolute atomic E-state index is 0.0932. The van der Waals surface area contributed by atoms with Gasteiger partial charge in [-0.3, -0.25) is 0 Å². The lowest BCUT2D eigenvalue weighted by atomic mass is 10.1. The Bertz CT molecular complexity index is 842. The maximum Gasteiger partial charge on any atom is 0.533 e. The largest absolute Gasteiger partial charge is 0.533 e. The van der Waals surface area contributed by atoms with E-state index in [0.29, 0.717) is 5.02 Å². The molecule has 0 aliphatic carbocycles. The van der Waals surface area contributed by atoms with Crippen molar-refractivity contribution in [1.82, 2.24) is 4.73 Å². The van der Waals surface area contributed by atoms with Gasteiger partial charge in [-0.25, -0.2) is 4.79 Å². The smallest absolute Gasteiger partial charge is 0.433 e. The average Bonchev–Trinajstić information content (AvgIpc) is 2.79. The molecule has 25 heavy (non-hydrogen) atoms. The molecule has 0 saturated heterocycles. The van der Waals surface area contributed by atoms with Crippen LogP contribution in [0.15, 0.2) is 28.7 Å². The summed E-state index contributed by atoms with van der Waals surface area (Å²) in [6.07, 6.45) is -6.24. The Kier molecular flexibility index (Phi) is 5.65. The summed E-state index contributed by atoms with van der Waals surface area (Å²) in [5.41, 5.74) is -1.76. The van der Waals surface area contributed by atoms with E-state index >= 15 is 0 Å². The van der Waals surface area contributed by atoms with Crippen LogP contribution >= 0.6 is 27.5 Å². The van der Waals surface area contributed by atoms with E-state index in [1.165, 1.54) is 31.2 Å². The van der Waals surface area contributed by atoms with E-state index < -0.39 is 22.5 Å². The molecular formula is C15H9BrClF3N2O3. The van der Waals surface area contributed by atoms with Crippen LogP contribution < -0.4 is 4.84 Å². The molecule has 0 amide bonds. The molecule has 0 fully saturated rings. The zero-order valence-corrected chi connectivity index (χ0v) is 14.9. The number of halogens is 5. The molecule has 0 atom stereocenters. The number of hydrogen-bond donors (Lipinski definition) is 0. The normalized spacial score (nSPS) is 11.1. The number of benzene rings is 1. The van der Waals surface area contributed by atoms with Crippen molar-refractivity contribution in [3.8, 4) is 17.3 Å². The number of nitriles is 1. The molecule has 2 rings (SSSR count). The van der Waals surface area contributed by atoms with Crippen molar-refractivity contribution in [3.05, 3.63) is 45.0 Å². The highest BCUT2D eigenvalue weighted by atomic mass is 79.9. The molecule has 0 spiro atoms. The summed E-state index contributed by atoms with van der Waals surface area (Å²) in [5, 5.41) is 9.65. The fourth-order valence-corrected chi connectivity index (χ4v) is 2.83. The Morgan fingerprint density at radius 2 is 1.96 bits per heavy atom. The third kappa shape index (κ3) is 3.91. The van der Waals surface area contributed by atoms with Crippen LogP contribution in [-0.4, -0.2) is 17.5 Å². The predicted octanol–water partition coefficient (Wildman–Crippen LogP) is 5.05. The number of carbonyl (C=O) groups excluding carboxylic acids is 1. The van der Waals surface area contributed by atoms with Gasteiger partial charge in [-0.15, -0.1) is 0 Å². The van der Waals surface area contributed by atoms with Crippen LogP contribution in [0.3, 0.4) is 0 Å². The topological polar surface area (TPSA) is 64.2 Å². The molecule has 10 heteroatoms. The third-order valence-electron chi connectivity index (χ3n) is 3.00. The highest BCUT2D eigenvalue weighted by molar-refractivity contribution is 9.10. The first-order chi connectivity index (χ1) is 11.7. The number of hydrogen-bond acceptors (Lipinski definition) is 4. The molecule has 1 aromatic carbocycles. The molecule has 5 nitrogen and oxygen atoms in total. The molecular weight excluding hydrogens is 429 g/mol. The lowest BCUT2D eigenvalue weighted by Gasteiger charge is -2.14. The maximum atomic E-state index is 13.4. The Labute approximate surface area is 153 Å². The summed E-state index contributed by atoms with van der Waals surface area (Å²) >= 11 is 8.55. The maximum absolute atomic E-state index is 13.4. The van der Waals surface area contributed by atoms with Crippen LogP contribution in [0.1, 0.15) is 18.2 Å². The van der Waals surface area contributed by atoms with Gasteiger partial charge in [-0.05, 0) is 35.0 Å². The zero-order valence-electron chi connectivity index (χ0n) is 12.5. The number of carbonyl (C=O) groups is 1. The first-order valence-electron chi connectivity index (χ1n) is 6.73. The zero-order chi connectivity index (χ0) is 18.8. The van der Waals surface area contributed by atoms with Crippen LogP contribution in [0.5, 0.6) is 0 Å². The van der Waals surface area contributed by atoms with Gasteiger partial charge >= 0.3 is 12.3 Å². The molecule has 0 aliphatic rings. The first kappa shape index (κ1) is 19.1. The van der Waals surface area contributed by atoms with Gasteiger partial charge in [-0.1, -0.05) is 23.7 Å². The van der Waals surface area contributed by atoms with Gasteiger partial charge in [0.05, 0.1) is 16.6 Å². The Balaban J connectivity index is 2.77. The van der Waals surface area contributed by atoms with Gasteiger partial charge in [0.15, 0.2) is 5.69 Å². The molecule has 0 radical (unpaired) electrons. The van der Waals surface area contributed by atoms with E-state index in [1.807, 2.05) is 0 Å². The van der Waals surface area contributed by atoms with E-state index in [2.05, 4.69) is 20.7 Å². The molecule has 0 saturated carbocycles. The quantitative estimate of drug-likeness (QED) is 0.631. The Morgan fingerprint density at radius 1 is 1.36 bits per heavy atom. The van der Waals surface area contributed by atoms with Crippen molar-refractivity contribution in [1.29, 1.82) is 5.26 Å². The second-order valence-electron chi connectivity index (χ2n) is 4.57. The molecule has 0 N–H and O–H groups in total. The monoisotopic (exact) mass is 436 g/mol. The van der Waals surface area contributed by atoms with Crippen molar-refractivity contribution in [2.45, 2.75) is 13.1 Å². The summed E-state index contributed by atoms with van der Waals surface area (Å²) in [7, 11) is 0.